The number of fused-ring (bicyclic) bond motifs is 3. The molecule has 102 valence electrons. The number of H-pyrrole nitrogens is 1. The zero-order valence-corrected chi connectivity index (χ0v) is 11.7. The smallest absolute Gasteiger partial charge is 0.267 e. The number of nitrogens with zero attached hydrogens (tertiary/aromatic N) is 2. The van der Waals surface area contributed by atoms with Crippen molar-refractivity contribution in [3.63, 3.8) is 0 Å². The van der Waals surface area contributed by atoms with Crippen molar-refractivity contribution in [1.29, 1.82) is 0 Å². The number of aromatic nitrogens is 3. The van der Waals surface area contributed by atoms with Gasteiger partial charge in [0.1, 0.15) is 0 Å². The highest BCUT2D eigenvalue weighted by atomic mass is 16.1. The molecule has 2 aromatic heterocycles. The van der Waals surface area contributed by atoms with Crippen molar-refractivity contribution in [3.8, 4) is 0 Å². The molecule has 2 heterocycles. The van der Waals surface area contributed by atoms with Crippen LogP contribution >= 0.6 is 0 Å². The average molecular weight is 267 g/mol. The summed E-state index contributed by atoms with van der Waals surface area (Å²) in [5, 5.41) is 0. The summed E-state index contributed by atoms with van der Waals surface area (Å²) in [4.78, 5) is 20.5. The molecule has 3 aromatic rings. The summed E-state index contributed by atoms with van der Waals surface area (Å²) in [5.74, 6) is 0.859. The highest BCUT2D eigenvalue weighted by molar-refractivity contribution is 5.79. The first-order valence-electron chi connectivity index (χ1n) is 6.83. The van der Waals surface area contributed by atoms with E-state index in [1.807, 2.05) is 24.3 Å². The van der Waals surface area contributed by atoms with E-state index >= 15 is 0 Å². The molecule has 0 aliphatic carbocycles. The van der Waals surface area contributed by atoms with E-state index in [1.54, 1.807) is 10.5 Å². The van der Waals surface area contributed by atoms with Crippen LogP contribution in [-0.4, -0.2) is 14.4 Å². The molecule has 4 heteroatoms. The maximum Gasteiger partial charge on any atom is 0.267 e. The number of imidazole rings is 1. The van der Waals surface area contributed by atoms with Gasteiger partial charge in [0.2, 0.25) is 5.78 Å². The van der Waals surface area contributed by atoms with E-state index in [1.165, 1.54) is 0 Å². The van der Waals surface area contributed by atoms with Gasteiger partial charge in [0.25, 0.3) is 5.56 Å². The van der Waals surface area contributed by atoms with Gasteiger partial charge in [-0.15, -0.1) is 0 Å². The topological polar surface area (TPSA) is 50.2 Å². The molecule has 0 saturated carbocycles. The molecule has 0 fully saturated rings. The van der Waals surface area contributed by atoms with E-state index < -0.39 is 0 Å². The van der Waals surface area contributed by atoms with Gasteiger partial charge in [-0.05, 0) is 24.5 Å². The van der Waals surface area contributed by atoms with Gasteiger partial charge in [0, 0.05) is 5.69 Å². The second-order valence-electron chi connectivity index (χ2n) is 5.03. The molecule has 20 heavy (non-hydrogen) atoms. The number of hydrogen-bond donors (Lipinski definition) is 1. The Morgan fingerprint density at radius 1 is 1.45 bits per heavy atom. The molecule has 0 amide bonds. The minimum atomic E-state index is -0.0576. The quantitative estimate of drug-likeness (QED) is 0.791. The highest BCUT2D eigenvalue weighted by Crippen LogP contribution is 2.21. The minimum absolute atomic E-state index is 0.0576. The van der Waals surface area contributed by atoms with E-state index in [0.29, 0.717) is 11.3 Å². The summed E-state index contributed by atoms with van der Waals surface area (Å²) in [6.45, 7) is 7.98. The van der Waals surface area contributed by atoms with Crippen LogP contribution in [0.4, 0.5) is 0 Å². The second-order valence-corrected chi connectivity index (χ2v) is 5.03. The van der Waals surface area contributed by atoms with Crippen molar-refractivity contribution >= 4 is 22.9 Å². The standard InChI is InChI=1S/C16H17N3O/c1-4-10(3)14-11(5-2)15(20)19-13-9-7-6-8-12(13)17-16(19)18-14/h5-10H,2,4H2,1,3H3,(H,17,18)/t10-/m1/s1. The fraction of sp³-hybridized carbons (Fsp3) is 0.250. The van der Waals surface area contributed by atoms with Gasteiger partial charge < -0.3 is 4.98 Å². The molecule has 0 saturated heterocycles. The van der Waals surface area contributed by atoms with Gasteiger partial charge in [0.05, 0.1) is 16.6 Å². The lowest BCUT2D eigenvalue weighted by Crippen LogP contribution is -2.20. The van der Waals surface area contributed by atoms with Crippen LogP contribution in [0.15, 0.2) is 35.6 Å². The van der Waals surface area contributed by atoms with E-state index in [4.69, 9.17) is 0 Å². The van der Waals surface area contributed by atoms with E-state index in [9.17, 15) is 4.79 Å². The number of rotatable bonds is 3. The number of nitrogens with one attached hydrogen (secondary N) is 1. The van der Waals surface area contributed by atoms with Crippen LogP contribution in [0.2, 0.25) is 0 Å². The molecule has 0 radical (unpaired) electrons. The van der Waals surface area contributed by atoms with Gasteiger partial charge >= 0.3 is 0 Å². The lowest BCUT2D eigenvalue weighted by Gasteiger charge is -2.12. The number of aromatic amines is 1. The van der Waals surface area contributed by atoms with Crippen LogP contribution in [0.25, 0.3) is 22.9 Å². The lowest BCUT2D eigenvalue weighted by atomic mass is 10.0. The van der Waals surface area contributed by atoms with E-state index in [2.05, 4.69) is 30.4 Å². The maximum absolute atomic E-state index is 12.7. The van der Waals surface area contributed by atoms with Gasteiger partial charge in [-0.25, -0.2) is 9.38 Å². The normalized spacial score (nSPS) is 12.9. The number of para-hydroxylation sites is 2. The minimum Gasteiger partial charge on any atom is -0.328 e. The third-order valence-electron chi connectivity index (χ3n) is 3.84. The van der Waals surface area contributed by atoms with Crippen molar-refractivity contribution in [3.05, 3.63) is 52.5 Å². The van der Waals surface area contributed by atoms with Crippen LogP contribution < -0.4 is 5.56 Å². The Bertz CT molecular complexity index is 857. The monoisotopic (exact) mass is 267 g/mol. The zero-order valence-electron chi connectivity index (χ0n) is 11.7. The Labute approximate surface area is 116 Å². The molecule has 0 spiro atoms. The Kier molecular flexibility index (Phi) is 2.93. The van der Waals surface area contributed by atoms with Gasteiger partial charge in [0.15, 0.2) is 0 Å². The second kappa shape index (κ2) is 4.63. The van der Waals surface area contributed by atoms with Crippen LogP contribution in [0.3, 0.4) is 0 Å². The largest absolute Gasteiger partial charge is 0.328 e. The molecule has 1 atom stereocenters. The average Bonchev–Trinajstić information content (AvgIpc) is 2.84. The molecular formula is C16H17N3O. The Morgan fingerprint density at radius 3 is 2.90 bits per heavy atom. The summed E-state index contributed by atoms with van der Waals surface area (Å²) in [7, 11) is 0. The van der Waals surface area contributed by atoms with Crippen LogP contribution in [0.5, 0.6) is 0 Å². The first kappa shape index (κ1) is 12.7. The fourth-order valence-corrected chi connectivity index (χ4v) is 2.53. The Balaban J connectivity index is 2.49. The van der Waals surface area contributed by atoms with Crippen molar-refractivity contribution < 1.29 is 0 Å². The van der Waals surface area contributed by atoms with Crippen LogP contribution in [0, 0.1) is 0 Å². The number of benzene rings is 1. The number of hydrogen-bond acceptors (Lipinski definition) is 2. The first-order chi connectivity index (χ1) is 9.67. The highest BCUT2D eigenvalue weighted by Gasteiger charge is 2.16. The molecule has 4 nitrogen and oxygen atoms in total. The zero-order chi connectivity index (χ0) is 14.3. The SMILES string of the molecule is C=Cc1c([C@H](C)CC)[nH]c2nc3ccccc3n2c1=O. The maximum atomic E-state index is 12.7. The molecule has 0 aliphatic rings. The van der Waals surface area contributed by atoms with Crippen molar-refractivity contribution in [2.75, 3.05) is 0 Å². The fourth-order valence-electron chi connectivity index (χ4n) is 2.53. The molecule has 0 bridgehead atoms. The van der Waals surface area contributed by atoms with Crippen molar-refractivity contribution in [2.45, 2.75) is 26.2 Å². The summed E-state index contributed by atoms with van der Waals surface area (Å²) in [5.41, 5.74) is 3.13. The summed E-state index contributed by atoms with van der Waals surface area (Å²) < 4.78 is 1.62. The summed E-state index contributed by atoms with van der Waals surface area (Å²) in [6.07, 6.45) is 2.59. The van der Waals surface area contributed by atoms with Gasteiger partial charge in [-0.2, -0.15) is 0 Å². The van der Waals surface area contributed by atoms with E-state index in [0.717, 1.165) is 23.1 Å². The molecule has 3 rings (SSSR count). The van der Waals surface area contributed by atoms with Gasteiger partial charge in [-0.3, -0.25) is 4.79 Å². The van der Waals surface area contributed by atoms with Crippen molar-refractivity contribution in [1.82, 2.24) is 14.4 Å². The summed E-state index contributed by atoms with van der Waals surface area (Å²) in [6, 6.07) is 7.64. The Hall–Kier alpha value is -2.36. The predicted molar refractivity (Wildman–Crippen MR) is 82.1 cm³/mol. The van der Waals surface area contributed by atoms with Crippen LogP contribution in [-0.2, 0) is 0 Å². The lowest BCUT2D eigenvalue weighted by molar-refractivity contribution is 0.702. The molecule has 1 N–H and O–H groups in total. The third kappa shape index (κ3) is 1.68. The van der Waals surface area contributed by atoms with Crippen molar-refractivity contribution in [2.24, 2.45) is 0 Å². The summed E-state index contributed by atoms with van der Waals surface area (Å²) >= 11 is 0. The molecular weight excluding hydrogens is 250 g/mol. The first-order valence-corrected chi connectivity index (χ1v) is 6.83. The molecule has 1 aromatic carbocycles. The van der Waals surface area contributed by atoms with Crippen LogP contribution in [0.1, 0.15) is 37.4 Å². The molecule has 0 aliphatic heterocycles. The molecule has 0 unspecified atom stereocenters. The van der Waals surface area contributed by atoms with Gasteiger partial charge in [-0.1, -0.05) is 38.6 Å². The van der Waals surface area contributed by atoms with E-state index in [-0.39, 0.29) is 11.5 Å². The Morgan fingerprint density at radius 2 is 2.20 bits per heavy atom. The third-order valence-corrected chi connectivity index (χ3v) is 3.84. The predicted octanol–water partition coefficient (Wildman–Crippen LogP) is 3.33.